The molecule has 0 spiro atoms. The first-order valence-corrected chi connectivity index (χ1v) is 6.37. The zero-order valence-corrected chi connectivity index (χ0v) is 11.8. The van der Waals surface area contributed by atoms with Crippen LogP contribution in [0.3, 0.4) is 0 Å². The average Bonchev–Trinajstić information content (AvgIpc) is 2.73. The Balaban J connectivity index is 2.00. The summed E-state index contributed by atoms with van der Waals surface area (Å²) in [5.41, 5.74) is 2.47. The molecule has 0 aliphatic carbocycles. The van der Waals surface area contributed by atoms with Gasteiger partial charge in [0, 0.05) is 19.2 Å². The lowest BCUT2D eigenvalue weighted by molar-refractivity contribution is -0.129. The Morgan fingerprint density at radius 1 is 1.30 bits per heavy atom. The molecule has 1 heterocycles. The number of likely N-dealkylation sites (N-methyl/N-ethyl adjacent to an activating group) is 1. The highest BCUT2D eigenvalue weighted by Crippen LogP contribution is 2.14. The Morgan fingerprint density at radius 3 is 2.50 bits per heavy atom. The van der Waals surface area contributed by atoms with Crippen molar-refractivity contribution in [2.45, 2.75) is 26.8 Å². The van der Waals surface area contributed by atoms with Gasteiger partial charge in [0.2, 0.25) is 5.91 Å². The molecule has 1 aromatic heterocycles. The Kier molecular flexibility index (Phi) is 4.17. The highest BCUT2D eigenvalue weighted by Gasteiger charge is 2.16. The van der Waals surface area contributed by atoms with Crippen molar-refractivity contribution in [1.82, 2.24) is 10.1 Å². The van der Waals surface area contributed by atoms with Gasteiger partial charge in [0.25, 0.3) is 0 Å². The first-order chi connectivity index (χ1) is 9.47. The van der Waals surface area contributed by atoms with Crippen LogP contribution in [0, 0.1) is 19.7 Å². The van der Waals surface area contributed by atoms with E-state index in [1.165, 1.54) is 12.1 Å². The van der Waals surface area contributed by atoms with E-state index in [1.54, 1.807) is 31.0 Å². The molecule has 0 fully saturated rings. The normalized spacial score (nSPS) is 10.6. The largest absolute Gasteiger partial charge is 0.361 e. The molecule has 0 radical (unpaired) electrons. The summed E-state index contributed by atoms with van der Waals surface area (Å²) in [6.45, 7) is 4.06. The highest BCUT2D eigenvalue weighted by atomic mass is 19.1. The molecule has 4 nitrogen and oxygen atoms in total. The van der Waals surface area contributed by atoms with Gasteiger partial charge in [-0.15, -0.1) is 0 Å². The van der Waals surface area contributed by atoms with Gasteiger partial charge in [-0.25, -0.2) is 4.39 Å². The van der Waals surface area contributed by atoms with Gasteiger partial charge >= 0.3 is 0 Å². The summed E-state index contributed by atoms with van der Waals surface area (Å²) in [6.07, 6.45) is 0.263. The molecular formula is C15H17FN2O2. The second-order valence-corrected chi connectivity index (χ2v) is 4.86. The fraction of sp³-hybridized carbons (Fsp3) is 0.333. The first kappa shape index (κ1) is 14.2. The second-order valence-electron chi connectivity index (χ2n) is 4.86. The van der Waals surface area contributed by atoms with E-state index >= 15 is 0 Å². The number of halogens is 1. The van der Waals surface area contributed by atoms with Crippen molar-refractivity contribution in [1.29, 1.82) is 0 Å². The van der Waals surface area contributed by atoms with Gasteiger partial charge < -0.3 is 9.42 Å². The van der Waals surface area contributed by atoms with Crippen LogP contribution in [-0.2, 0) is 17.8 Å². The lowest BCUT2D eigenvalue weighted by Gasteiger charge is -2.17. The average molecular weight is 276 g/mol. The van der Waals surface area contributed by atoms with Crippen molar-refractivity contribution in [2.24, 2.45) is 0 Å². The predicted octanol–water partition coefficient (Wildman–Crippen LogP) is 2.63. The van der Waals surface area contributed by atoms with Crippen LogP contribution in [0.25, 0.3) is 0 Å². The van der Waals surface area contributed by atoms with Crippen LogP contribution in [0.15, 0.2) is 28.8 Å². The second kappa shape index (κ2) is 5.86. The standard InChI is InChI=1S/C15H17FN2O2/c1-10-14(11(2)20-17-10)8-15(19)18(3)9-12-4-6-13(16)7-5-12/h4-7H,8-9H2,1-3H3. The molecule has 20 heavy (non-hydrogen) atoms. The number of hydrogen-bond acceptors (Lipinski definition) is 3. The van der Waals surface area contributed by atoms with Gasteiger partial charge in [-0.1, -0.05) is 17.3 Å². The van der Waals surface area contributed by atoms with Crippen LogP contribution in [0.5, 0.6) is 0 Å². The Labute approximate surface area is 117 Å². The molecule has 1 aromatic carbocycles. The van der Waals surface area contributed by atoms with Gasteiger partial charge in [-0.05, 0) is 31.5 Å². The van der Waals surface area contributed by atoms with Crippen LogP contribution >= 0.6 is 0 Å². The summed E-state index contributed by atoms with van der Waals surface area (Å²) in [6, 6.07) is 6.13. The molecular weight excluding hydrogens is 259 g/mol. The fourth-order valence-electron chi connectivity index (χ4n) is 1.99. The maximum atomic E-state index is 12.8. The predicted molar refractivity (Wildman–Crippen MR) is 72.6 cm³/mol. The van der Waals surface area contributed by atoms with E-state index in [4.69, 9.17) is 4.52 Å². The van der Waals surface area contributed by atoms with E-state index in [0.29, 0.717) is 12.3 Å². The molecule has 106 valence electrons. The maximum absolute atomic E-state index is 12.8. The third-order valence-electron chi connectivity index (χ3n) is 3.27. The molecule has 1 amide bonds. The number of aromatic nitrogens is 1. The number of rotatable bonds is 4. The van der Waals surface area contributed by atoms with Crippen LogP contribution in [0.4, 0.5) is 4.39 Å². The lowest BCUT2D eigenvalue weighted by atomic mass is 10.1. The Morgan fingerprint density at radius 2 is 1.95 bits per heavy atom. The molecule has 0 unspecified atom stereocenters. The van der Waals surface area contributed by atoms with Crippen molar-refractivity contribution >= 4 is 5.91 Å². The van der Waals surface area contributed by atoms with Gasteiger partial charge in [0.05, 0.1) is 12.1 Å². The number of aryl methyl sites for hydroxylation is 2. The van der Waals surface area contributed by atoms with Gasteiger partial charge in [-0.2, -0.15) is 0 Å². The molecule has 0 saturated heterocycles. The first-order valence-electron chi connectivity index (χ1n) is 6.37. The summed E-state index contributed by atoms with van der Waals surface area (Å²) < 4.78 is 17.9. The minimum atomic E-state index is -0.279. The third-order valence-corrected chi connectivity index (χ3v) is 3.27. The van der Waals surface area contributed by atoms with Crippen LogP contribution < -0.4 is 0 Å². The van der Waals surface area contributed by atoms with Crippen molar-refractivity contribution in [2.75, 3.05) is 7.05 Å². The zero-order valence-electron chi connectivity index (χ0n) is 11.8. The highest BCUT2D eigenvalue weighted by molar-refractivity contribution is 5.78. The molecule has 5 heteroatoms. The summed E-state index contributed by atoms with van der Waals surface area (Å²) >= 11 is 0. The van der Waals surface area contributed by atoms with Crippen molar-refractivity contribution in [3.63, 3.8) is 0 Å². The van der Waals surface area contributed by atoms with Crippen molar-refractivity contribution < 1.29 is 13.7 Å². The number of amides is 1. The fourth-order valence-corrected chi connectivity index (χ4v) is 1.99. The van der Waals surface area contributed by atoms with E-state index in [9.17, 15) is 9.18 Å². The Bertz CT molecular complexity index is 585. The Hall–Kier alpha value is -2.17. The molecule has 0 aliphatic heterocycles. The quantitative estimate of drug-likeness (QED) is 0.862. The number of hydrogen-bond donors (Lipinski definition) is 0. The number of nitrogens with zero attached hydrogens (tertiary/aromatic N) is 2. The van der Waals surface area contributed by atoms with Crippen LogP contribution in [0.1, 0.15) is 22.6 Å². The number of carbonyl (C=O) groups excluding carboxylic acids is 1. The molecule has 0 aliphatic rings. The zero-order chi connectivity index (χ0) is 14.7. The molecule has 2 aromatic rings. The summed E-state index contributed by atoms with van der Waals surface area (Å²) in [7, 11) is 1.73. The molecule has 0 N–H and O–H groups in total. The molecule has 2 rings (SSSR count). The van der Waals surface area contributed by atoms with Crippen molar-refractivity contribution in [3.05, 3.63) is 52.7 Å². The SMILES string of the molecule is Cc1noc(C)c1CC(=O)N(C)Cc1ccc(F)cc1. The lowest BCUT2D eigenvalue weighted by Crippen LogP contribution is -2.28. The number of benzene rings is 1. The summed E-state index contributed by atoms with van der Waals surface area (Å²) in [4.78, 5) is 13.8. The smallest absolute Gasteiger partial charge is 0.227 e. The van der Waals surface area contributed by atoms with E-state index in [-0.39, 0.29) is 18.1 Å². The molecule has 0 atom stereocenters. The van der Waals surface area contributed by atoms with Gasteiger partial charge in [0.1, 0.15) is 11.6 Å². The van der Waals surface area contributed by atoms with Crippen molar-refractivity contribution in [3.8, 4) is 0 Å². The third kappa shape index (κ3) is 3.23. The molecule has 0 saturated carbocycles. The van der Waals surface area contributed by atoms with E-state index in [0.717, 1.165) is 16.8 Å². The minimum absolute atomic E-state index is 0.0243. The van der Waals surface area contributed by atoms with Crippen LogP contribution in [-0.4, -0.2) is 23.0 Å². The van der Waals surface area contributed by atoms with Crippen LogP contribution in [0.2, 0.25) is 0 Å². The van der Waals surface area contributed by atoms with E-state index in [2.05, 4.69) is 5.16 Å². The summed E-state index contributed by atoms with van der Waals surface area (Å²) in [5.74, 6) is 0.369. The van der Waals surface area contributed by atoms with Gasteiger partial charge in [0.15, 0.2) is 0 Å². The number of carbonyl (C=O) groups is 1. The monoisotopic (exact) mass is 276 g/mol. The van der Waals surface area contributed by atoms with Gasteiger partial charge in [-0.3, -0.25) is 4.79 Å². The maximum Gasteiger partial charge on any atom is 0.227 e. The summed E-state index contributed by atoms with van der Waals surface area (Å²) in [5, 5.41) is 3.83. The van der Waals surface area contributed by atoms with E-state index < -0.39 is 0 Å². The van der Waals surface area contributed by atoms with E-state index in [1.807, 2.05) is 6.92 Å². The topological polar surface area (TPSA) is 46.3 Å². The molecule has 0 bridgehead atoms. The minimum Gasteiger partial charge on any atom is -0.361 e.